The average molecular weight is 266 g/mol. The van der Waals surface area contributed by atoms with Crippen molar-refractivity contribution in [1.29, 1.82) is 0 Å². The van der Waals surface area contributed by atoms with Gasteiger partial charge in [0.05, 0.1) is 5.69 Å². The standard InChI is InChI=1S/C15H30N4/c1-6-15(7-2,19(8-3)9-4)14(16)12-13-10-11-18(5)17-13/h10-11,14H,6-9,12,16H2,1-5H3. The molecule has 0 aliphatic heterocycles. The van der Waals surface area contributed by atoms with E-state index < -0.39 is 0 Å². The molecule has 1 heterocycles. The Morgan fingerprint density at radius 3 is 2.21 bits per heavy atom. The van der Waals surface area contributed by atoms with E-state index >= 15 is 0 Å². The Hall–Kier alpha value is -0.870. The molecule has 4 nitrogen and oxygen atoms in total. The van der Waals surface area contributed by atoms with E-state index in [9.17, 15) is 0 Å². The summed E-state index contributed by atoms with van der Waals surface area (Å²) in [6, 6.07) is 2.19. The van der Waals surface area contributed by atoms with E-state index in [4.69, 9.17) is 5.73 Å². The topological polar surface area (TPSA) is 47.1 Å². The van der Waals surface area contributed by atoms with E-state index in [0.717, 1.165) is 38.0 Å². The first-order valence-electron chi connectivity index (χ1n) is 7.53. The number of aryl methyl sites for hydroxylation is 1. The first-order chi connectivity index (χ1) is 9.03. The lowest BCUT2D eigenvalue weighted by molar-refractivity contribution is 0.0625. The largest absolute Gasteiger partial charge is 0.326 e. The zero-order chi connectivity index (χ0) is 14.5. The van der Waals surface area contributed by atoms with Gasteiger partial charge in [-0.05, 0) is 32.0 Å². The van der Waals surface area contributed by atoms with Gasteiger partial charge >= 0.3 is 0 Å². The van der Waals surface area contributed by atoms with Gasteiger partial charge in [0.2, 0.25) is 0 Å². The van der Waals surface area contributed by atoms with Crippen LogP contribution in [0.5, 0.6) is 0 Å². The molecule has 0 radical (unpaired) electrons. The number of hydrogen-bond acceptors (Lipinski definition) is 3. The number of nitrogens with zero attached hydrogens (tertiary/aromatic N) is 3. The molecule has 0 spiro atoms. The van der Waals surface area contributed by atoms with Gasteiger partial charge in [0.1, 0.15) is 0 Å². The third kappa shape index (κ3) is 3.37. The summed E-state index contributed by atoms with van der Waals surface area (Å²) in [6.07, 6.45) is 5.00. The third-order valence-electron chi connectivity index (χ3n) is 4.51. The fourth-order valence-electron chi connectivity index (χ4n) is 3.30. The van der Waals surface area contributed by atoms with E-state index in [2.05, 4.69) is 43.8 Å². The van der Waals surface area contributed by atoms with Gasteiger partial charge in [0, 0.05) is 31.2 Å². The van der Waals surface area contributed by atoms with Crippen molar-refractivity contribution in [3.05, 3.63) is 18.0 Å². The molecule has 1 rings (SSSR count). The zero-order valence-corrected chi connectivity index (χ0v) is 13.2. The Morgan fingerprint density at radius 1 is 1.26 bits per heavy atom. The second-order valence-corrected chi connectivity index (χ2v) is 5.27. The molecule has 0 aliphatic rings. The maximum absolute atomic E-state index is 6.58. The van der Waals surface area contributed by atoms with Gasteiger partial charge < -0.3 is 5.73 Å². The molecule has 0 aliphatic carbocycles. The number of aromatic nitrogens is 2. The van der Waals surface area contributed by atoms with Crippen molar-refractivity contribution < 1.29 is 0 Å². The van der Waals surface area contributed by atoms with Crippen molar-refractivity contribution in [2.75, 3.05) is 13.1 Å². The Morgan fingerprint density at radius 2 is 1.84 bits per heavy atom. The van der Waals surface area contributed by atoms with E-state index in [-0.39, 0.29) is 11.6 Å². The van der Waals surface area contributed by atoms with E-state index in [1.165, 1.54) is 0 Å². The van der Waals surface area contributed by atoms with E-state index in [0.29, 0.717) is 0 Å². The van der Waals surface area contributed by atoms with Crippen molar-refractivity contribution in [3.63, 3.8) is 0 Å². The van der Waals surface area contributed by atoms with Crippen molar-refractivity contribution in [2.24, 2.45) is 12.8 Å². The van der Waals surface area contributed by atoms with E-state index in [1.807, 2.05) is 17.9 Å². The van der Waals surface area contributed by atoms with Crippen LogP contribution in [0, 0.1) is 0 Å². The highest BCUT2D eigenvalue weighted by Crippen LogP contribution is 2.28. The van der Waals surface area contributed by atoms with Gasteiger partial charge in [-0.25, -0.2) is 0 Å². The minimum absolute atomic E-state index is 0.0843. The van der Waals surface area contributed by atoms with Gasteiger partial charge in [0.25, 0.3) is 0 Å². The lowest BCUT2D eigenvalue weighted by atomic mass is 9.81. The second-order valence-electron chi connectivity index (χ2n) is 5.27. The molecule has 4 heteroatoms. The molecule has 1 aromatic rings. The molecule has 0 saturated carbocycles. The summed E-state index contributed by atoms with van der Waals surface area (Å²) in [5.74, 6) is 0. The molecule has 0 aromatic carbocycles. The minimum Gasteiger partial charge on any atom is -0.326 e. The highest BCUT2D eigenvalue weighted by atomic mass is 15.3. The van der Waals surface area contributed by atoms with Crippen molar-refractivity contribution in [1.82, 2.24) is 14.7 Å². The van der Waals surface area contributed by atoms with Gasteiger partial charge in [0.15, 0.2) is 0 Å². The highest BCUT2D eigenvalue weighted by molar-refractivity contribution is 5.07. The number of nitrogens with two attached hydrogens (primary N) is 1. The number of hydrogen-bond donors (Lipinski definition) is 1. The smallest absolute Gasteiger partial charge is 0.0640 e. The third-order valence-corrected chi connectivity index (χ3v) is 4.51. The van der Waals surface area contributed by atoms with Crippen LogP contribution in [0.15, 0.2) is 12.3 Å². The van der Waals surface area contributed by atoms with Crippen LogP contribution in [0.1, 0.15) is 46.2 Å². The number of likely N-dealkylation sites (N-methyl/N-ethyl adjacent to an activating group) is 1. The normalized spacial score (nSPS) is 14.1. The highest BCUT2D eigenvalue weighted by Gasteiger charge is 2.37. The van der Waals surface area contributed by atoms with Crippen molar-refractivity contribution in [2.45, 2.75) is 58.5 Å². The lowest BCUT2D eigenvalue weighted by Crippen LogP contribution is -2.60. The molecular formula is C15H30N4. The Labute approximate surface area is 118 Å². The summed E-state index contributed by atoms with van der Waals surface area (Å²) in [5.41, 5.74) is 7.75. The second kappa shape index (κ2) is 7.06. The Kier molecular flexibility index (Phi) is 6.01. The van der Waals surface area contributed by atoms with Crippen LogP contribution in [0.25, 0.3) is 0 Å². The maximum Gasteiger partial charge on any atom is 0.0640 e. The van der Waals surface area contributed by atoms with Gasteiger partial charge in [-0.15, -0.1) is 0 Å². The minimum atomic E-state index is 0.0843. The monoisotopic (exact) mass is 266 g/mol. The summed E-state index contributed by atoms with van der Waals surface area (Å²) >= 11 is 0. The summed E-state index contributed by atoms with van der Waals surface area (Å²) in [7, 11) is 1.95. The predicted molar refractivity (Wildman–Crippen MR) is 81.1 cm³/mol. The number of rotatable bonds is 8. The SMILES string of the molecule is CCN(CC)C(CC)(CC)C(N)Cc1ccn(C)n1. The molecule has 1 unspecified atom stereocenters. The van der Waals surface area contributed by atoms with Crippen LogP contribution in [0.4, 0.5) is 0 Å². The Bertz CT molecular complexity index is 364. The van der Waals surface area contributed by atoms with Crippen LogP contribution in [0.3, 0.4) is 0 Å². The quantitative estimate of drug-likeness (QED) is 0.784. The van der Waals surface area contributed by atoms with Crippen molar-refractivity contribution >= 4 is 0 Å². The van der Waals surface area contributed by atoms with Crippen LogP contribution in [0.2, 0.25) is 0 Å². The molecule has 19 heavy (non-hydrogen) atoms. The van der Waals surface area contributed by atoms with Crippen LogP contribution in [-0.4, -0.2) is 39.4 Å². The molecule has 0 bridgehead atoms. The van der Waals surface area contributed by atoms with Gasteiger partial charge in [-0.1, -0.05) is 27.7 Å². The average Bonchev–Trinajstić information content (AvgIpc) is 2.81. The molecule has 1 atom stereocenters. The zero-order valence-electron chi connectivity index (χ0n) is 13.2. The molecule has 0 amide bonds. The van der Waals surface area contributed by atoms with Crippen LogP contribution >= 0.6 is 0 Å². The fraction of sp³-hybridized carbons (Fsp3) is 0.800. The molecular weight excluding hydrogens is 236 g/mol. The molecule has 2 N–H and O–H groups in total. The Balaban J connectivity index is 2.91. The first-order valence-corrected chi connectivity index (χ1v) is 7.53. The van der Waals surface area contributed by atoms with Crippen LogP contribution in [-0.2, 0) is 13.5 Å². The molecule has 0 fully saturated rings. The van der Waals surface area contributed by atoms with Crippen molar-refractivity contribution in [3.8, 4) is 0 Å². The van der Waals surface area contributed by atoms with Crippen LogP contribution < -0.4 is 5.73 Å². The first kappa shape index (κ1) is 16.2. The van der Waals surface area contributed by atoms with E-state index in [1.54, 1.807) is 0 Å². The summed E-state index contributed by atoms with van der Waals surface area (Å²) in [4.78, 5) is 2.51. The molecule has 110 valence electrons. The summed E-state index contributed by atoms with van der Waals surface area (Å²) in [5, 5.41) is 4.46. The predicted octanol–water partition coefficient (Wildman–Crippen LogP) is 2.19. The van der Waals surface area contributed by atoms with Gasteiger partial charge in [-0.2, -0.15) is 5.10 Å². The maximum atomic E-state index is 6.58. The molecule has 0 saturated heterocycles. The van der Waals surface area contributed by atoms with Gasteiger partial charge in [-0.3, -0.25) is 9.58 Å². The molecule has 1 aromatic heterocycles. The summed E-state index contributed by atoms with van der Waals surface area (Å²) < 4.78 is 1.85. The fourth-order valence-corrected chi connectivity index (χ4v) is 3.30. The summed E-state index contributed by atoms with van der Waals surface area (Å²) in [6.45, 7) is 11.0. The lowest BCUT2D eigenvalue weighted by Gasteiger charge is -2.46.